The zero-order valence-electron chi connectivity index (χ0n) is 14.2. The van der Waals surface area contributed by atoms with Crippen molar-refractivity contribution < 1.29 is 9.53 Å². The summed E-state index contributed by atoms with van der Waals surface area (Å²) in [4.78, 5) is 11.6. The van der Waals surface area contributed by atoms with Crippen molar-refractivity contribution in [1.29, 1.82) is 0 Å². The summed E-state index contributed by atoms with van der Waals surface area (Å²) >= 11 is 0. The summed E-state index contributed by atoms with van der Waals surface area (Å²) in [5, 5.41) is 5.40. The fraction of sp³-hybridized carbons (Fsp3) is 0.316. The number of carbonyl (C=O) groups is 1. The summed E-state index contributed by atoms with van der Waals surface area (Å²) in [6.45, 7) is 6.59. The maximum Gasteiger partial charge on any atom is 0.318 e. The van der Waals surface area contributed by atoms with Crippen LogP contribution in [0.5, 0.6) is 5.75 Å². The largest absolute Gasteiger partial charge is 0.489 e. The molecule has 0 atom stereocenters. The summed E-state index contributed by atoms with van der Waals surface area (Å²) in [6.07, 6.45) is 1.01. The van der Waals surface area contributed by atoms with Gasteiger partial charge in [0.25, 0.3) is 0 Å². The highest BCUT2D eigenvalue weighted by atomic mass is 16.5. The molecule has 122 valence electrons. The number of hydrogen-bond donors (Lipinski definition) is 2. The van der Waals surface area contributed by atoms with Crippen molar-refractivity contribution in [2.24, 2.45) is 0 Å². The van der Waals surface area contributed by atoms with Crippen LogP contribution in [0.25, 0.3) is 0 Å². The minimum absolute atomic E-state index is 0.236. The lowest BCUT2D eigenvalue weighted by atomic mass is 10.1. The van der Waals surface area contributed by atoms with Gasteiger partial charge in [-0.05, 0) is 49.1 Å². The van der Waals surface area contributed by atoms with Gasteiger partial charge in [-0.15, -0.1) is 0 Å². The molecule has 0 heterocycles. The van der Waals surface area contributed by atoms with Crippen molar-refractivity contribution in [2.45, 2.75) is 33.8 Å². The molecule has 0 aliphatic rings. The van der Waals surface area contributed by atoms with Crippen molar-refractivity contribution in [3.63, 3.8) is 0 Å². The molecule has 4 nitrogen and oxygen atoms in total. The number of carbonyl (C=O) groups excluding carboxylic acids is 1. The zero-order valence-corrected chi connectivity index (χ0v) is 14.2. The van der Waals surface area contributed by atoms with Gasteiger partial charge in [-0.1, -0.05) is 31.2 Å². The second-order valence-corrected chi connectivity index (χ2v) is 5.61. The Morgan fingerprint density at radius 3 is 2.57 bits per heavy atom. The van der Waals surface area contributed by atoms with Gasteiger partial charge >= 0.3 is 6.03 Å². The van der Waals surface area contributed by atoms with Gasteiger partial charge in [-0.25, -0.2) is 4.79 Å². The number of benzene rings is 2. The molecule has 2 amide bonds. The van der Waals surface area contributed by atoms with Crippen LogP contribution in [-0.2, 0) is 13.0 Å². The first-order valence-corrected chi connectivity index (χ1v) is 7.84. The van der Waals surface area contributed by atoms with Crippen LogP contribution in [0, 0.1) is 13.8 Å². The van der Waals surface area contributed by atoms with E-state index < -0.39 is 0 Å². The van der Waals surface area contributed by atoms with Crippen LogP contribution in [0.1, 0.15) is 29.2 Å². The number of urea groups is 1. The quantitative estimate of drug-likeness (QED) is 0.869. The predicted octanol–water partition coefficient (Wildman–Crippen LogP) is 4.20. The van der Waals surface area contributed by atoms with Crippen LogP contribution < -0.4 is 15.4 Å². The zero-order chi connectivity index (χ0) is 16.8. The second kappa shape index (κ2) is 7.68. The van der Waals surface area contributed by atoms with Crippen molar-refractivity contribution in [3.05, 3.63) is 58.7 Å². The molecular weight excluding hydrogens is 288 g/mol. The Balaban J connectivity index is 2.15. The average Bonchev–Trinajstić information content (AvgIpc) is 2.54. The van der Waals surface area contributed by atoms with Crippen molar-refractivity contribution in [1.82, 2.24) is 5.32 Å². The molecule has 0 saturated heterocycles. The first kappa shape index (κ1) is 16.9. The van der Waals surface area contributed by atoms with Gasteiger partial charge in [0, 0.05) is 18.3 Å². The van der Waals surface area contributed by atoms with E-state index in [1.165, 1.54) is 5.56 Å². The van der Waals surface area contributed by atoms with Crippen molar-refractivity contribution in [3.8, 4) is 5.75 Å². The van der Waals surface area contributed by atoms with Gasteiger partial charge in [0.05, 0.1) is 0 Å². The smallest absolute Gasteiger partial charge is 0.318 e. The number of hydrogen-bond acceptors (Lipinski definition) is 2. The standard InChI is InChI=1S/C19H24N2O2/c1-5-15-7-9-18(14(3)11-15)23-12-16-8-6-13(2)10-17(16)21-19(22)20-4/h6-11H,5,12H2,1-4H3,(H2,20,21,22). The third-order valence-electron chi connectivity index (χ3n) is 3.77. The number of nitrogens with one attached hydrogen (secondary N) is 2. The molecule has 23 heavy (non-hydrogen) atoms. The van der Waals surface area contributed by atoms with E-state index in [-0.39, 0.29) is 6.03 Å². The Morgan fingerprint density at radius 2 is 1.91 bits per heavy atom. The van der Waals surface area contributed by atoms with Gasteiger partial charge in [-0.2, -0.15) is 0 Å². The van der Waals surface area contributed by atoms with Gasteiger partial charge in [0.1, 0.15) is 12.4 Å². The molecule has 2 aromatic rings. The molecule has 0 aromatic heterocycles. The molecular formula is C19H24N2O2. The van der Waals surface area contributed by atoms with Crippen molar-refractivity contribution >= 4 is 11.7 Å². The summed E-state index contributed by atoms with van der Waals surface area (Å²) < 4.78 is 5.95. The molecule has 0 saturated carbocycles. The SMILES string of the molecule is CCc1ccc(OCc2ccc(C)cc2NC(=O)NC)c(C)c1. The van der Waals surface area contributed by atoms with Gasteiger partial charge in [0.2, 0.25) is 0 Å². The molecule has 0 unspecified atom stereocenters. The molecule has 2 rings (SSSR count). The number of anilines is 1. The van der Waals surface area contributed by atoms with Gasteiger partial charge in [0.15, 0.2) is 0 Å². The normalized spacial score (nSPS) is 10.3. The number of amides is 2. The predicted molar refractivity (Wildman–Crippen MR) is 94.1 cm³/mol. The fourth-order valence-electron chi connectivity index (χ4n) is 2.37. The molecule has 0 bridgehead atoms. The number of aryl methyl sites for hydroxylation is 3. The lowest BCUT2D eigenvalue weighted by Crippen LogP contribution is -2.25. The molecule has 0 fully saturated rings. The van der Waals surface area contributed by atoms with E-state index in [2.05, 4.69) is 29.7 Å². The Kier molecular flexibility index (Phi) is 5.63. The van der Waals surface area contributed by atoms with Crippen LogP contribution >= 0.6 is 0 Å². The molecule has 2 N–H and O–H groups in total. The Bertz CT molecular complexity index is 696. The Hall–Kier alpha value is -2.49. The average molecular weight is 312 g/mol. The van der Waals surface area contributed by atoms with Crippen LogP contribution in [0.15, 0.2) is 36.4 Å². The van der Waals surface area contributed by atoms with Crippen LogP contribution in [0.4, 0.5) is 10.5 Å². The van der Waals surface area contributed by atoms with E-state index in [1.54, 1.807) is 7.05 Å². The maximum absolute atomic E-state index is 11.6. The second-order valence-electron chi connectivity index (χ2n) is 5.61. The lowest BCUT2D eigenvalue weighted by Gasteiger charge is -2.14. The van der Waals surface area contributed by atoms with E-state index in [0.29, 0.717) is 6.61 Å². The highest BCUT2D eigenvalue weighted by Gasteiger charge is 2.08. The minimum Gasteiger partial charge on any atom is -0.489 e. The monoisotopic (exact) mass is 312 g/mol. The van der Waals surface area contributed by atoms with Crippen LogP contribution in [0.2, 0.25) is 0 Å². The van der Waals surface area contributed by atoms with E-state index in [0.717, 1.165) is 34.5 Å². The van der Waals surface area contributed by atoms with E-state index in [1.807, 2.05) is 38.1 Å². The number of ether oxygens (including phenoxy) is 1. The summed E-state index contributed by atoms with van der Waals surface area (Å²) in [5.41, 5.74) is 5.22. The molecule has 0 aliphatic heterocycles. The molecule has 0 spiro atoms. The molecule has 0 radical (unpaired) electrons. The molecule has 2 aromatic carbocycles. The fourth-order valence-corrected chi connectivity index (χ4v) is 2.37. The lowest BCUT2D eigenvalue weighted by molar-refractivity contribution is 0.254. The van der Waals surface area contributed by atoms with E-state index in [4.69, 9.17) is 4.74 Å². The van der Waals surface area contributed by atoms with Gasteiger partial charge < -0.3 is 15.4 Å². The Labute approximate surface area is 137 Å². The van der Waals surface area contributed by atoms with Crippen molar-refractivity contribution in [2.75, 3.05) is 12.4 Å². The minimum atomic E-state index is -0.236. The van der Waals surface area contributed by atoms with Gasteiger partial charge in [-0.3, -0.25) is 0 Å². The highest BCUT2D eigenvalue weighted by Crippen LogP contribution is 2.23. The Morgan fingerprint density at radius 1 is 1.13 bits per heavy atom. The number of rotatable bonds is 5. The third kappa shape index (κ3) is 4.49. The first-order chi connectivity index (χ1) is 11.0. The van der Waals surface area contributed by atoms with E-state index >= 15 is 0 Å². The molecule has 4 heteroatoms. The summed E-state index contributed by atoms with van der Waals surface area (Å²) in [7, 11) is 1.60. The highest BCUT2D eigenvalue weighted by molar-refractivity contribution is 5.90. The van der Waals surface area contributed by atoms with E-state index in [9.17, 15) is 4.79 Å². The maximum atomic E-state index is 11.6. The molecule has 0 aliphatic carbocycles. The first-order valence-electron chi connectivity index (χ1n) is 7.84. The van der Waals surface area contributed by atoms with Crippen LogP contribution in [0.3, 0.4) is 0 Å². The topological polar surface area (TPSA) is 50.4 Å². The summed E-state index contributed by atoms with van der Waals surface area (Å²) in [6, 6.07) is 11.9. The summed E-state index contributed by atoms with van der Waals surface area (Å²) in [5.74, 6) is 0.869. The van der Waals surface area contributed by atoms with Crippen LogP contribution in [-0.4, -0.2) is 13.1 Å². The third-order valence-corrected chi connectivity index (χ3v) is 3.77.